The molecule has 0 amide bonds. The van der Waals surface area contributed by atoms with Gasteiger partial charge in [-0.05, 0) is 6.07 Å². The lowest BCUT2D eigenvalue weighted by atomic mass is 10.4. The van der Waals surface area contributed by atoms with Crippen molar-refractivity contribution >= 4 is 15.8 Å². The molecule has 8 nitrogen and oxygen atoms in total. The van der Waals surface area contributed by atoms with Crippen molar-refractivity contribution in [3.63, 3.8) is 0 Å². The van der Waals surface area contributed by atoms with Crippen LogP contribution >= 0.6 is 0 Å². The molecule has 0 spiro atoms. The van der Waals surface area contributed by atoms with E-state index in [1.165, 1.54) is 30.2 Å². The van der Waals surface area contributed by atoms with Crippen molar-refractivity contribution in [2.45, 2.75) is 5.03 Å². The van der Waals surface area contributed by atoms with Crippen LogP contribution in [0.15, 0.2) is 23.5 Å². The van der Waals surface area contributed by atoms with Crippen molar-refractivity contribution in [1.82, 2.24) is 20.0 Å². The van der Waals surface area contributed by atoms with Crippen LogP contribution in [0.25, 0.3) is 0 Å². The second-order valence-electron chi connectivity index (χ2n) is 3.17. The van der Waals surface area contributed by atoms with Gasteiger partial charge in [0, 0.05) is 7.05 Å². The summed E-state index contributed by atoms with van der Waals surface area (Å²) in [7, 11) is -2.24. The summed E-state index contributed by atoms with van der Waals surface area (Å²) in [4.78, 5) is 0. The number of hydrogen-bond acceptors (Lipinski definition) is 5. The molecular formula is C8H8N6O2S. The van der Waals surface area contributed by atoms with Gasteiger partial charge in [-0.15, -0.1) is 0 Å². The number of rotatable bonds is 3. The van der Waals surface area contributed by atoms with Crippen molar-refractivity contribution in [3.05, 3.63) is 24.0 Å². The Morgan fingerprint density at radius 2 is 2.35 bits per heavy atom. The van der Waals surface area contributed by atoms with E-state index in [4.69, 9.17) is 5.26 Å². The van der Waals surface area contributed by atoms with Crippen LogP contribution in [0.3, 0.4) is 0 Å². The lowest BCUT2D eigenvalue weighted by Crippen LogP contribution is -2.16. The van der Waals surface area contributed by atoms with Gasteiger partial charge in [0.2, 0.25) is 0 Å². The molecule has 0 radical (unpaired) electrons. The quantitative estimate of drug-likeness (QED) is 0.785. The van der Waals surface area contributed by atoms with E-state index >= 15 is 0 Å². The summed E-state index contributed by atoms with van der Waals surface area (Å²) in [5.74, 6) is 0.113. The van der Waals surface area contributed by atoms with Crippen molar-refractivity contribution in [2.24, 2.45) is 7.05 Å². The summed E-state index contributed by atoms with van der Waals surface area (Å²) in [5.41, 5.74) is 0.149. The first kappa shape index (κ1) is 11.2. The van der Waals surface area contributed by atoms with Crippen LogP contribution in [0.4, 0.5) is 5.82 Å². The topological polar surface area (TPSA) is 116 Å². The fourth-order valence-electron chi connectivity index (χ4n) is 1.22. The predicted molar refractivity (Wildman–Crippen MR) is 57.3 cm³/mol. The maximum atomic E-state index is 11.8. The third-order valence-electron chi connectivity index (χ3n) is 2.05. The molecule has 0 aliphatic carbocycles. The number of aryl methyl sites for hydroxylation is 1. The van der Waals surface area contributed by atoms with Crippen molar-refractivity contribution in [2.75, 3.05) is 4.72 Å². The Hall–Kier alpha value is -2.34. The van der Waals surface area contributed by atoms with E-state index in [2.05, 4.69) is 20.0 Å². The van der Waals surface area contributed by atoms with Gasteiger partial charge in [0.05, 0.1) is 12.4 Å². The number of sulfonamides is 1. The molecule has 9 heteroatoms. The summed E-state index contributed by atoms with van der Waals surface area (Å²) >= 11 is 0. The van der Waals surface area contributed by atoms with Gasteiger partial charge in [-0.25, -0.2) is 0 Å². The molecule has 0 fully saturated rings. The minimum Gasteiger partial charge on any atom is -0.266 e. The third kappa shape index (κ3) is 1.98. The molecule has 2 rings (SSSR count). The molecule has 2 heterocycles. The van der Waals surface area contributed by atoms with Crippen molar-refractivity contribution in [3.8, 4) is 6.07 Å². The molecule has 2 aromatic heterocycles. The molecule has 0 atom stereocenters. The number of nitrogens with zero attached hydrogens (tertiary/aromatic N) is 4. The first-order chi connectivity index (χ1) is 8.04. The number of aromatic amines is 1. The Morgan fingerprint density at radius 1 is 1.59 bits per heavy atom. The Bertz CT molecular complexity index is 663. The maximum Gasteiger partial charge on any atom is 0.280 e. The van der Waals surface area contributed by atoms with Crippen LogP contribution in [0, 0.1) is 11.3 Å². The zero-order chi connectivity index (χ0) is 12.5. The minimum absolute atomic E-state index is 0.0809. The van der Waals surface area contributed by atoms with Crippen LogP contribution in [-0.2, 0) is 17.1 Å². The second-order valence-corrected chi connectivity index (χ2v) is 4.82. The Labute approximate surface area is 96.9 Å². The van der Waals surface area contributed by atoms with E-state index in [1.54, 1.807) is 0 Å². The molecule has 0 bridgehead atoms. The van der Waals surface area contributed by atoms with Crippen LogP contribution in [-0.4, -0.2) is 28.4 Å². The van der Waals surface area contributed by atoms with Gasteiger partial charge in [0.15, 0.2) is 10.8 Å². The zero-order valence-electron chi connectivity index (χ0n) is 8.75. The largest absolute Gasteiger partial charge is 0.280 e. The Kier molecular flexibility index (Phi) is 2.57. The van der Waals surface area contributed by atoms with Gasteiger partial charge in [0.1, 0.15) is 11.6 Å². The maximum absolute atomic E-state index is 11.8. The van der Waals surface area contributed by atoms with Crippen LogP contribution in [0.2, 0.25) is 0 Å². The lowest BCUT2D eigenvalue weighted by molar-refractivity contribution is 0.596. The summed E-state index contributed by atoms with van der Waals surface area (Å²) in [6, 6.07) is 3.16. The van der Waals surface area contributed by atoms with Crippen molar-refractivity contribution < 1.29 is 8.42 Å². The molecule has 2 N–H and O–H groups in total. The van der Waals surface area contributed by atoms with Crippen LogP contribution < -0.4 is 4.72 Å². The average molecular weight is 252 g/mol. The third-order valence-corrected chi connectivity index (χ3v) is 3.32. The first-order valence-corrected chi connectivity index (χ1v) is 5.97. The summed E-state index contributed by atoms with van der Waals surface area (Å²) < 4.78 is 27.2. The highest BCUT2D eigenvalue weighted by Crippen LogP contribution is 2.17. The number of H-pyrrole nitrogens is 1. The van der Waals surface area contributed by atoms with Gasteiger partial charge in [-0.2, -0.15) is 23.9 Å². The highest BCUT2D eigenvalue weighted by molar-refractivity contribution is 7.92. The molecule has 0 unspecified atom stereocenters. The van der Waals surface area contributed by atoms with Crippen LogP contribution in [0.5, 0.6) is 0 Å². The first-order valence-electron chi connectivity index (χ1n) is 4.49. The van der Waals surface area contributed by atoms with E-state index in [9.17, 15) is 8.42 Å². The Morgan fingerprint density at radius 3 is 2.94 bits per heavy atom. The normalized spacial score (nSPS) is 11.1. The van der Waals surface area contributed by atoms with E-state index in [-0.39, 0.29) is 16.4 Å². The van der Waals surface area contributed by atoms with Gasteiger partial charge in [-0.3, -0.25) is 14.5 Å². The van der Waals surface area contributed by atoms with Gasteiger partial charge < -0.3 is 0 Å². The molecule has 0 saturated carbocycles. The number of hydrogen-bond donors (Lipinski definition) is 2. The van der Waals surface area contributed by atoms with E-state index in [0.717, 1.165) is 0 Å². The molecule has 2 aromatic rings. The van der Waals surface area contributed by atoms with E-state index in [1.807, 2.05) is 6.07 Å². The number of nitrogens with one attached hydrogen (secondary N) is 2. The van der Waals surface area contributed by atoms with Crippen LogP contribution in [0.1, 0.15) is 5.56 Å². The zero-order valence-corrected chi connectivity index (χ0v) is 9.56. The van der Waals surface area contributed by atoms with E-state index in [0.29, 0.717) is 0 Å². The van der Waals surface area contributed by atoms with Gasteiger partial charge in [0.25, 0.3) is 10.0 Å². The Balaban J connectivity index is 2.40. The standard InChI is InChI=1S/C8H8N6O2S/c1-14-8(6(4-9)5-11-14)13-17(15,16)7-2-3-10-12-7/h2-3,5,13H,1H3,(H,10,12). The molecule has 17 heavy (non-hydrogen) atoms. The molecule has 0 aliphatic rings. The number of aromatic nitrogens is 4. The molecule has 0 aliphatic heterocycles. The average Bonchev–Trinajstić information content (AvgIpc) is 2.90. The fourth-order valence-corrected chi connectivity index (χ4v) is 2.23. The second kappa shape index (κ2) is 3.91. The highest BCUT2D eigenvalue weighted by Gasteiger charge is 2.19. The van der Waals surface area contributed by atoms with Gasteiger partial charge >= 0.3 is 0 Å². The summed E-state index contributed by atoms with van der Waals surface area (Å²) in [6.45, 7) is 0. The highest BCUT2D eigenvalue weighted by atomic mass is 32.2. The number of nitriles is 1. The summed E-state index contributed by atoms with van der Waals surface area (Å²) in [5, 5.41) is 18.4. The smallest absolute Gasteiger partial charge is 0.266 e. The molecule has 0 saturated heterocycles. The summed E-state index contributed by atoms with van der Waals surface area (Å²) in [6.07, 6.45) is 2.60. The van der Waals surface area contributed by atoms with Gasteiger partial charge in [-0.1, -0.05) is 0 Å². The van der Waals surface area contributed by atoms with Crippen molar-refractivity contribution in [1.29, 1.82) is 5.26 Å². The lowest BCUT2D eigenvalue weighted by Gasteiger charge is -2.06. The monoisotopic (exact) mass is 252 g/mol. The molecular weight excluding hydrogens is 244 g/mol. The molecule has 88 valence electrons. The minimum atomic E-state index is -3.77. The fraction of sp³-hybridized carbons (Fsp3) is 0.125. The predicted octanol–water partition coefficient (Wildman–Crippen LogP) is -0.184. The van der Waals surface area contributed by atoms with E-state index < -0.39 is 10.0 Å². The molecule has 0 aromatic carbocycles. The SMILES string of the molecule is Cn1ncc(C#N)c1NS(=O)(=O)c1ccn[nH]1. The number of anilines is 1.